The topological polar surface area (TPSA) is 81.2 Å². The molecule has 0 saturated carbocycles. The number of carbonyl (C=O) groups is 2. The van der Waals surface area contributed by atoms with Crippen molar-refractivity contribution in [2.24, 2.45) is 0 Å². The van der Waals surface area contributed by atoms with Crippen LogP contribution in [0.25, 0.3) is 0 Å². The monoisotopic (exact) mass is 325 g/mol. The summed E-state index contributed by atoms with van der Waals surface area (Å²) in [6.07, 6.45) is 5.77. The average molecular weight is 325 g/mol. The Labute approximate surface area is 140 Å². The van der Waals surface area contributed by atoms with Crippen LogP contribution in [0.5, 0.6) is 0 Å². The van der Waals surface area contributed by atoms with Gasteiger partial charge in [-0.2, -0.15) is 0 Å². The van der Waals surface area contributed by atoms with Gasteiger partial charge in [0.1, 0.15) is 0 Å². The molecule has 1 aliphatic rings. The summed E-state index contributed by atoms with van der Waals surface area (Å²) in [5, 5.41) is 2.94. The molecule has 0 saturated heterocycles. The molecule has 1 unspecified atom stereocenters. The molecule has 6 nitrogen and oxygen atoms in total. The number of benzene rings is 1. The first kappa shape index (κ1) is 16.1. The van der Waals surface area contributed by atoms with Crippen molar-refractivity contribution in [3.05, 3.63) is 59.2 Å². The first-order valence-electron chi connectivity index (χ1n) is 7.96. The van der Waals surface area contributed by atoms with Gasteiger partial charge in [0.2, 0.25) is 0 Å². The molecule has 6 heteroatoms. The van der Waals surface area contributed by atoms with Gasteiger partial charge in [0.15, 0.2) is 12.3 Å². The van der Waals surface area contributed by atoms with E-state index < -0.39 is 5.97 Å². The van der Waals surface area contributed by atoms with Crippen LogP contribution in [0.2, 0.25) is 0 Å². The van der Waals surface area contributed by atoms with Crippen molar-refractivity contribution < 1.29 is 14.3 Å². The number of esters is 1. The molecule has 0 spiro atoms. The number of carbonyl (C=O) groups excluding carboxylic acids is 2. The van der Waals surface area contributed by atoms with Gasteiger partial charge in [-0.3, -0.25) is 9.78 Å². The first-order chi connectivity index (χ1) is 11.6. The average Bonchev–Trinajstić information content (AvgIpc) is 2.61. The van der Waals surface area contributed by atoms with Crippen LogP contribution in [0.1, 0.15) is 46.2 Å². The Kier molecular flexibility index (Phi) is 4.84. The second kappa shape index (κ2) is 7.21. The summed E-state index contributed by atoms with van der Waals surface area (Å²) < 4.78 is 5.01. The fourth-order valence-corrected chi connectivity index (χ4v) is 2.84. The van der Waals surface area contributed by atoms with E-state index in [-0.39, 0.29) is 24.2 Å². The normalized spacial score (nSPS) is 16.1. The zero-order valence-corrected chi connectivity index (χ0v) is 13.5. The molecule has 1 N–H and O–H groups in total. The van der Waals surface area contributed by atoms with Crippen LogP contribution in [0.4, 0.5) is 0 Å². The molecule has 0 bridgehead atoms. The number of amides is 1. The lowest BCUT2D eigenvalue weighted by atomic mass is 9.88. The number of nitrogens with one attached hydrogen (secondary N) is 1. The highest BCUT2D eigenvalue weighted by Gasteiger charge is 2.22. The summed E-state index contributed by atoms with van der Waals surface area (Å²) in [4.78, 5) is 31.8. The van der Waals surface area contributed by atoms with Crippen LogP contribution in [0, 0.1) is 6.92 Å². The summed E-state index contributed by atoms with van der Waals surface area (Å²) in [6.45, 7) is 1.45. The number of aryl methyl sites for hydroxylation is 2. The zero-order chi connectivity index (χ0) is 16.9. The molecule has 1 aromatic heterocycles. The van der Waals surface area contributed by atoms with Crippen LogP contribution < -0.4 is 5.32 Å². The maximum atomic E-state index is 12.1. The molecule has 1 heterocycles. The maximum absolute atomic E-state index is 12.1. The molecule has 24 heavy (non-hydrogen) atoms. The smallest absolute Gasteiger partial charge is 0.359 e. The molecule has 0 aliphatic heterocycles. The summed E-state index contributed by atoms with van der Waals surface area (Å²) >= 11 is 0. The third-order valence-electron chi connectivity index (χ3n) is 4.03. The lowest BCUT2D eigenvalue weighted by Crippen LogP contribution is -2.34. The molecule has 1 aliphatic carbocycles. The van der Waals surface area contributed by atoms with Gasteiger partial charge in [-0.1, -0.05) is 24.3 Å². The molecule has 1 amide bonds. The number of ether oxygens (including phenoxy) is 1. The van der Waals surface area contributed by atoms with E-state index in [0.29, 0.717) is 5.69 Å². The Bertz CT molecular complexity index is 743. The molecule has 0 fully saturated rings. The minimum absolute atomic E-state index is 0.0275. The van der Waals surface area contributed by atoms with Crippen molar-refractivity contribution in [1.82, 2.24) is 15.3 Å². The van der Waals surface area contributed by atoms with E-state index in [2.05, 4.69) is 21.4 Å². The molecule has 124 valence electrons. The van der Waals surface area contributed by atoms with Gasteiger partial charge in [-0.15, -0.1) is 0 Å². The SMILES string of the molecule is Cc1cnc(C(=O)OCC(=O)NC2CCCc3ccccc32)cn1. The van der Waals surface area contributed by atoms with Crippen LogP contribution in [-0.2, 0) is 16.0 Å². The maximum Gasteiger partial charge on any atom is 0.359 e. The van der Waals surface area contributed by atoms with Crippen molar-refractivity contribution in [1.29, 1.82) is 0 Å². The molecule has 3 rings (SSSR count). The number of fused-ring (bicyclic) bond motifs is 1. The molecular formula is C18H19N3O3. The van der Waals surface area contributed by atoms with E-state index in [1.807, 2.05) is 18.2 Å². The van der Waals surface area contributed by atoms with Gasteiger partial charge in [0.25, 0.3) is 5.91 Å². The molecule has 0 radical (unpaired) electrons. The fraction of sp³-hybridized carbons (Fsp3) is 0.333. The Balaban J connectivity index is 1.55. The standard InChI is InChI=1S/C18H19N3O3/c1-12-9-20-16(10-19-12)18(23)24-11-17(22)21-15-8-4-6-13-5-2-3-7-14(13)15/h2-3,5,7,9-10,15H,4,6,8,11H2,1H3,(H,21,22). The molecule has 1 aromatic carbocycles. The van der Waals surface area contributed by atoms with Gasteiger partial charge >= 0.3 is 5.97 Å². The van der Waals surface area contributed by atoms with E-state index in [1.54, 1.807) is 6.92 Å². The second-order valence-electron chi connectivity index (χ2n) is 5.83. The summed E-state index contributed by atoms with van der Waals surface area (Å²) in [5.41, 5.74) is 3.21. The lowest BCUT2D eigenvalue weighted by Gasteiger charge is -2.26. The van der Waals surface area contributed by atoms with Crippen LogP contribution >= 0.6 is 0 Å². The minimum atomic E-state index is -0.651. The van der Waals surface area contributed by atoms with Crippen molar-refractivity contribution in [3.8, 4) is 0 Å². The summed E-state index contributed by atoms with van der Waals surface area (Å²) in [7, 11) is 0. The van der Waals surface area contributed by atoms with E-state index in [0.717, 1.165) is 24.8 Å². The van der Waals surface area contributed by atoms with E-state index in [9.17, 15) is 9.59 Å². The predicted molar refractivity (Wildman–Crippen MR) is 87.3 cm³/mol. The number of hydrogen-bond donors (Lipinski definition) is 1. The van der Waals surface area contributed by atoms with E-state index >= 15 is 0 Å². The van der Waals surface area contributed by atoms with Crippen molar-refractivity contribution in [2.45, 2.75) is 32.2 Å². The number of nitrogens with zero attached hydrogens (tertiary/aromatic N) is 2. The minimum Gasteiger partial charge on any atom is -0.451 e. The highest BCUT2D eigenvalue weighted by Crippen LogP contribution is 2.29. The van der Waals surface area contributed by atoms with Crippen LogP contribution in [-0.4, -0.2) is 28.5 Å². The van der Waals surface area contributed by atoms with Gasteiger partial charge in [-0.05, 0) is 37.3 Å². The number of hydrogen-bond acceptors (Lipinski definition) is 5. The summed E-state index contributed by atoms with van der Waals surface area (Å²) in [6, 6.07) is 8.07. The second-order valence-corrected chi connectivity index (χ2v) is 5.83. The van der Waals surface area contributed by atoms with Gasteiger partial charge < -0.3 is 10.1 Å². The summed E-state index contributed by atoms with van der Waals surface area (Å²) in [5.74, 6) is -0.966. The van der Waals surface area contributed by atoms with Gasteiger partial charge in [0, 0.05) is 6.20 Å². The van der Waals surface area contributed by atoms with Gasteiger partial charge in [0.05, 0.1) is 17.9 Å². The Morgan fingerprint density at radius 3 is 2.88 bits per heavy atom. The predicted octanol–water partition coefficient (Wildman–Crippen LogP) is 2.14. The van der Waals surface area contributed by atoms with Crippen molar-refractivity contribution >= 4 is 11.9 Å². The number of aromatic nitrogens is 2. The largest absolute Gasteiger partial charge is 0.451 e. The third-order valence-corrected chi connectivity index (χ3v) is 4.03. The highest BCUT2D eigenvalue weighted by atomic mass is 16.5. The van der Waals surface area contributed by atoms with Crippen LogP contribution in [0.3, 0.4) is 0 Å². The fourth-order valence-electron chi connectivity index (χ4n) is 2.84. The quantitative estimate of drug-likeness (QED) is 0.871. The van der Waals surface area contributed by atoms with E-state index in [4.69, 9.17) is 4.74 Å². The van der Waals surface area contributed by atoms with Crippen molar-refractivity contribution in [2.75, 3.05) is 6.61 Å². The highest BCUT2D eigenvalue weighted by molar-refractivity contribution is 5.89. The number of rotatable bonds is 4. The van der Waals surface area contributed by atoms with E-state index in [1.165, 1.54) is 18.0 Å². The molecule has 2 aromatic rings. The molecular weight excluding hydrogens is 306 g/mol. The first-order valence-corrected chi connectivity index (χ1v) is 7.96. The van der Waals surface area contributed by atoms with Gasteiger partial charge in [-0.25, -0.2) is 9.78 Å². The lowest BCUT2D eigenvalue weighted by molar-refractivity contribution is -0.125. The Morgan fingerprint density at radius 1 is 1.25 bits per heavy atom. The van der Waals surface area contributed by atoms with Crippen molar-refractivity contribution in [3.63, 3.8) is 0 Å². The Hall–Kier alpha value is -2.76. The van der Waals surface area contributed by atoms with Crippen LogP contribution in [0.15, 0.2) is 36.7 Å². The zero-order valence-electron chi connectivity index (χ0n) is 13.5. The third kappa shape index (κ3) is 3.76. The molecule has 1 atom stereocenters. The Morgan fingerprint density at radius 2 is 2.08 bits per heavy atom.